The van der Waals surface area contributed by atoms with Crippen molar-refractivity contribution >= 4 is 17.7 Å². The Bertz CT molecular complexity index is 453. The lowest BCUT2D eigenvalue weighted by Gasteiger charge is -2.31. The zero-order valence-electron chi connectivity index (χ0n) is 7.95. The van der Waals surface area contributed by atoms with Gasteiger partial charge in [0.05, 0.1) is 13.1 Å². The summed E-state index contributed by atoms with van der Waals surface area (Å²) < 4.78 is 27.1. The van der Waals surface area contributed by atoms with E-state index in [1.165, 1.54) is 12.1 Å². The highest BCUT2D eigenvalue weighted by Gasteiger charge is 2.43. The molecule has 0 fully saturated rings. The van der Waals surface area contributed by atoms with Gasteiger partial charge in [-0.2, -0.15) is 8.78 Å². The Morgan fingerprint density at radius 2 is 2.25 bits per heavy atom. The molecule has 16 heavy (non-hydrogen) atoms. The third-order valence-corrected chi connectivity index (χ3v) is 2.52. The van der Waals surface area contributed by atoms with Crippen LogP contribution in [0.15, 0.2) is 12.1 Å². The Morgan fingerprint density at radius 1 is 1.56 bits per heavy atom. The number of carbonyl (C=O) groups is 1. The maximum Gasteiger partial charge on any atom is 0.407 e. The number of carboxylic acid groups (broad SMARTS) is 1. The van der Waals surface area contributed by atoms with Gasteiger partial charge in [-0.1, -0.05) is 17.7 Å². The van der Waals surface area contributed by atoms with Gasteiger partial charge < -0.3 is 5.11 Å². The van der Waals surface area contributed by atoms with Gasteiger partial charge in [-0.15, -0.1) is 0 Å². The summed E-state index contributed by atoms with van der Waals surface area (Å²) in [6.45, 7) is -0.979. The van der Waals surface area contributed by atoms with E-state index in [9.17, 15) is 13.6 Å². The molecule has 1 aliphatic rings. The fourth-order valence-electron chi connectivity index (χ4n) is 1.62. The molecule has 1 aliphatic heterocycles. The number of halogens is 3. The van der Waals surface area contributed by atoms with E-state index >= 15 is 0 Å². The van der Waals surface area contributed by atoms with Crippen LogP contribution in [0.25, 0.3) is 0 Å². The highest BCUT2D eigenvalue weighted by molar-refractivity contribution is 6.29. The van der Waals surface area contributed by atoms with Crippen molar-refractivity contribution in [2.24, 2.45) is 0 Å². The minimum absolute atomic E-state index is 0.0257. The van der Waals surface area contributed by atoms with Crippen molar-refractivity contribution in [1.29, 1.82) is 0 Å². The predicted octanol–water partition coefficient (Wildman–Crippen LogP) is 2.32. The normalized spacial score (nSPS) is 18.1. The largest absolute Gasteiger partial charge is 0.465 e. The Kier molecular flexibility index (Phi) is 2.46. The third kappa shape index (κ3) is 1.80. The van der Waals surface area contributed by atoms with E-state index in [0.717, 1.165) is 0 Å². The van der Waals surface area contributed by atoms with Crippen molar-refractivity contribution in [3.05, 3.63) is 28.5 Å². The standard InChI is InChI=1S/C9H7ClF2N2O2/c10-6-2-1-5-3-14(8(15)16)4-9(11,12)7(5)13-6/h1-2H,3-4H2,(H,15,16). The highest BCUT2D eigenvalue weighted by Crippen LogP contribution is 2.35. The monoisotopic (exact) mass is 248 g/mol. The van der Waals surface area contributed by atoms with Crippen LogP contribution in [0.4, 0.5) is 13.6 Å². The molecule has 86 valence electrons. The van der Waals surface area contributed by atoms with E-state index in [4.69, 9.17) is 16.7 Å². The van der Waals surface area contributed by atoms with Gasteiger partial charge in [-0.05, 0) is 11.6 Å². The van der Waals surface area contributed by atoms with Crippen LogP contribution in [0.1, 0.15) is 11.3 Å². The molecule has 0 spiro atoms. The van der Waals surface area contributed by atoms with E-state index in [-0.39, 0.29) is 17.3 Å². The van der Waals surface area contributed by atoms with Crippen LogP contribution in [0.5, 0.6) is 0 Å². The average molecular weight is 249 g/mol. The molecular formula is C9H7ClF2N2O2. The zero-order valence-corrected chi connectivity index (χ0v) is 8.71. The molecule has 0 saturated heterocycles. The van der Waals surface area contributed by atoms with E-state index in [0.29, 0.717) is 4.90 Å². The van der Waals surface area contributed by atoms with Crippen molar-refractivity contribution in [1.82, 2.24) is 9.88 Å². The molecule has 1 aromatic heterocycles. The molecule has 1 aromatic rings. The first-order chi connectivity index (χ1) is 7.40. The van der Waals surface area contributed by atoms with Crippen LogP contribution in [0.3, 0.4) is 0 Å². The highest BCUT2D eigenvalue weighted by atomic mass is 35.5. The summed E-state index contributed by atoms with van der Waals surface area (Å²) in [7, 11) is 0. The van der Waals surface area contributed by atoms with Gasteiger partial charge in [0, 0.05) is 0 Å². The summed E-state index contributed by atoms with van der Waals surface area (Å²) in [6, 6.07) is 2.73. The first-order valence-corrected chi connectivity index (χ1v) is 4.79. The lowest BCUT2D eigenvalue weighted by molar-refractivity contribution is -0.0503. The van der Waals surface area contributed by atoms with E-state index in [1.807, 2.05) is 0 Å². The summed E-state index contributed by atoms with van der Waals surface area (Å²) in [5, 5.41) is 8.67. The number of alkyl halides is 2. The van der Waals surface area contributed by atoms with Gasteiger partial charge in [0.2, 0.25) is 0 Å². The van der Waals surface area contributed by atoms with Crippen molar-refractivity contribution in [3.63, 3.8) is 0 Å². The van der Waals surface area contributed by atoms with Gasteiger partial charge in [-0.25, -0.2) is 9.78 Å². The lowest BCUT2D eigenvalue weighted by Crippen LogP contribution is -2.43. The molecule has 1 amide bonds. The van der Waals surface area contributed by atoms with Crippen molar-refractivity contribution in [2.75, 3.05) is 6.54 Å². The molecule has 7 heteroatoms. The zero-order chi connectivity index (χ0) is 11.9. The molecular weight excluding hydrogens is 242 g/mol. The van der Waals surface area contributed by atoms with Gasteiger partial charge in [0.15, 0.2) is 0 Å². The second-order valence-electron chi connectivity index (χ2n) is 3.48. The molecule has 4 nitrogen and oxygen atoms in total. The molecule has 0 atom stereocenters. The third-order valence-electron chi connectivity index (χ3n) is 2.31. The molecule has 0 bridgehead atoms. The fourth-order valence-corrected chi connectivity index (χ4v) is 1.77. The molecule has 0 unspecified atom stereocenters. The van der Waals surface area contributed by atoms with Crippen molar-refractivity contribution < 1.29 is 18.7 Å². The van der Waals surface area contributed by atoms with Crippen LogP contribution in [0, 0.1) is 0 Å². The fraction of sp³-hybridized carbons (Fsp3) is 0.333. The van der Waals surface area contributed by atoms with Gasteiger partial charge in [0.25, 0.3) is 0 Å². The Labute approximate surface area is 94.5 Å². The second-order valence-corrected chi connectivity index (χ2v) is 3.87. The van der Waals surface area contributed by atoms with Gasteiger partial charge >= 0.3 is 12.0 Å². The minimum Gasteiger partial charge on any atom is -0.465 e. The average Bonchev–Trinajstić information content (AvgIpc) is 2.18. The SMILES string of the molecule is O=C(O)N1Cc2ccc(Cl)nc2C(F)(F)C1. The molecule has 2 heterocycles. The summed E-state index contributed by atoms with van der Waals surface area (Å²) in [5.41, 5.74) is -0.249. The van der Waals surface area contributed by atoms with Crippen LogP contribution < -0.4 is 0 Å². The number of fused-ring (bicyclic) bond motifs is 1. The lowest BCUT2D eigenvalue weighted by atomic mass is 10.0. The van der Waals surface area contributed by atoms with E-state index in [1.54, 1.807) is 0 Å². The quantitative estimate of drug-likeness (QED) is 0.717. The van der Waals surface area contributed by atoms with Crippen LogP contribution in [-0.2, 0) is 12.5 Å². The number of aromatic nitrogens is 1. The number of pyridine rings is 1. The Balaban J connectivity index is 2.47. The second kappa shape index (κ2) is 3.55. The molecule has 2 rings (SSSR count). The summed E-state index contributed by atoms with van der Waals surface area (Å²) in [5.74, 6) is -3.29. The summed E-state index contributed by atoms with van der Waals surface area (Å²) >= 11 is 5.53. The van der Waals surface area contributed by atoms with Crippen molar-refractivity contribution in [2.45, 2.75) is 12.5 Å². The van der Waals surface area contributed by atoms with Gasteiger partial charge in [0.1, 0.15) is 10.8 Å². The first-order valence-electron chi connectivity index (χ1n) is 4.42. The molecule has 0 aromatic carbocycles. The first kappa shape index (κ1) is 11.1. The van der Waals surface area contributed by atoms with Crippen LogP contribution in [-0.4, -0.2) is 27.6 Å². The maximum atomic E-state index is 13.6. The smallest absolute Gasteiger partial charge is 0.407 e. The van der Waals surface area contributed by atoms with Crippen LogP contribution in [0.2, 0.25) is 5.15 Å². The maximum absolute atomic E-state index is 13.6. The number of hydrogen-bond acceptors (Lipinski definition) is 2. The number of nitrogens with zero attached hydrogens (tertiary/aromatic N) is 2. The molecule has 0 radical (unpaired) electrons. The molecule has 0 aliphatic carbocycles. The molecule has 0 saturated carbocycles. The minimum atomic E-state index is -3.29. The van der Waals surface area contributed by atoms with Crippen molar-refractivity contribution in [3.8, 4) is 0 Å². The Morgan fingerprint density at radius 3 is 2.88 bits per heavy atom. The van der Waals surface area contributed by atoms with E-state index in [2.05, 4.69) is 4.98 Å². The van der Waals surface area contributed by atoms with E-state index < -0.39 is 24.3 Å². The Hall–Kier alpha value is -1.43. The predicted molar refractivity (Wildman–Crippen MR) is 51.6 cm³/mol. The molecule has 1 N–H and O–H groups in total. The summed E-state index contributed by atoms with van der Waals surface area (Å²) in [4.78, 5) is 14.9. The number of rotatable bonds is 0. The van der Waals surface area contributed by atoms with Gasteiger partial charge in [-0.3, -0.25) is 4.90 Å². The number of hydrogen-bond donors (Lipinski definition) is 1. The topological polar surface area (TPSA) is 53.4 Å². The number of amides is 1. The summed E-state index contributed by atoms with van der Waals surface area (Å²) in [6.07, 6.45) is -1.37. The van der Waals surface area contributed by atoms with Crippen LogP contribution >= 0.6 is 11.6 Å².